The molecule has 0 aromatic rings. The highest BCUT2D eigenvalue weighted by Gasteiger charge is 2.64. The second kappa shape index (κ2) is 10.7. The molecule has 0 aliphatic heterocycles. The fourth-order valence-electron chi connectivity index (χ4n) is 9.57. The first-order valence-corrected chi connectivity index (χ1v) is 17.0. The van der Waals surface area contributed by atoms with Crippen LogP contribution in [-0.4, -0.2) is 43.9 Å². The number of fused-ring (bicyclic) bond motifs is 5. The van der Waals surface area contributed by atoms with E-state index < -0.39 is 44.3 Å². The highest BCUT2D eigenvalue weighted by molar-refractivity contribution is 7.81. The van der Waals surface area contributed by atoms with Crippen LogP contribution in [0.15, 0.2) is 0 Å². The van der Waals surface area contributed by atoms with E-state index in [0.29, 0.717) is 30.1 Å². The quantitative estimate of drug-likeness (QED) is 0.349. The van der Waals surface area contributed by atoms with Crippen molar-refractivity contribution in [2.24, 2.45) is 52.3 Å². The van der Waals surface area contributed by atoms with Crippen LogP contribution in [-0.2, 0) is 34.0 Å². The van der Waals surface area contributed by atoms with Crippen molar-refractivity contribution in [2.45, 2.75) is 111 Å². The number of rotatable bonds is 9. The summed E-state index contributed by atoms with van der Waals surface area (Å²) in [6.07, 6.45) is 5.59. The summed E-state index contributed by atoms with van der Waals surface area (Å²) in [6.45, 7) is 11.3. The van der Waals surface area contributed by atoms with Crippen LogP contribution in [0.3, 0.4) is 0 Å². The lowest BCUT2D eigenvalue weighted by Gasteiger charge is -2.61. The molecule has 4 aliphatic rings. The molecule has 11 heteroatoms. The molecular formula is C27H46O9S2. The summed E-state index contributed by atoms with van der Waals surface area (Å²) in [5.41, 5.74) is -0.464. The Labute approximate surface area is 228 Å². The highest BCUT2D eigenvalue weighted by Crippen LogP contribution is 2.68. The van der Waals surface area contributed by atoms with E-state index in [4.69, 9.17) is 8.37 Å². The molecule has 0 saturated heterocycles. The molecule has 0 bridgehead atoms. The van der Waals surface area contributed by atoms with Gasteiger partial charge in [-0.3, -0.25) is 13.9 Å². The van der Waals surface area contributed by atoms with Gasteiger partial charge in [0.1, 0.15) is 18.0 Å². The Hall–Kier alpha value is -0.590. The Bertz CT molecular complexity index is 1100. The van der Waals surface area contributed by atoms with Gasteiger partial charge in [-0.1, -0.05) is 53.9 Å². The van der Waals surface area contributed by atoms with E-state index in [-0.39, 0.29) is 35.9 Å². The SMILES string of the molecule is CC(C)CCC[C@@H](C)[C@H]1CC[C@H]2[C@@H]3CC(=O)[C@H]4C[C@H](OS(=O)(=O)O)[C@@H](OS(=O)(=O)O)C[C@]4(C)[C@H]3CC[C@]12C. The molecule has 0 aromatic carbocycles. The van der Waals surface area contributed by atoms with E-state index in [1.807, 2.05) is 6.92 Å². The van der Waals surface area contributed by atoms with E-state index in [1.54, 1.807) is 0 Å². The van der Waals surface area contributed by atoms with Crippen LogP contribution < -0.4 is 0 Å². The van der Waals surface area contributed by atoms with Crippen LogP contribution >= 0.6 is 0 Å². The predicted molar refractivity (Wildman–Crippen MR) is 142 cm³/mol. The molecule has 0 amide bonds. The number of hydrogen-bond donors (Lipinski definition) is 2. The third kappa shape index (κ3) is 6.03. The summed E-state index contributed by atoms with van der Waals surface area (Å²) in [4.78, 5) is 13.6. The molecule has 0 radical (unpaired) electrons. The van der Waals surface area contributed by atoms with Crippen molar-refractivity contribution in [3.8, 4) is 0 Å². The van der Waals surface area contributed by atoms with Crippen molar-refractivity contribution in [3.63, 3.8) is 0 Å². The third-order valence-electron chi connectivity index (χ3n) is 11.1. The molecule has 4 rings (SSSR count). The Morgan fingerprint density at radius 3 is 2.11 bits per heavy atom. The summed E-state index contributed by atoms with van der Waals surface area (Å²) < 4.78 is 74.6. The second-order valence-corrected chi connectivity index (χ2v) is 15.8. The molecule has 0 unspecified atom stereocenters. The number of hydrogen-bond acceptors (Lipinski definition) is 7. The summed E-state index contributed by atoms with van der Waals surface area (Å²) in [5.74, 6) is 2.21. The van der Waals surface area contributed by atoms with Crippen LogP contribution in [0.2, 0.25) is 0 Å². The van der Waals surface area contributed by atoms with E-state index >= 15 is 0 Å². The molecule has 0 spiro atoms. The first-order chi connectivity index (χ1) is 17.4. The van der Waals surface area contributed by atoms with Gasteiger partial charge in [-0.2, -0.15) is 16.8 Å². The van der Waals surface area contributed by atoms with E-state index in [1.165, 1.54) is 25.7 Å². The summed E-state index contributed by atoms with van der Waals surface area (Å²) >= 11 is 0. The minimum absolute atomic E-state index is 0.0423. The lowest BCUT2D eigenvalue weighted by Crippen LogP contribution is -2.60. The fraction of sp³-hybridized carbons (Fsp3) is 0.963. The van der Waals surface area contributed by atoms with Gasteiger partial charge in [-0.15, -0.1) is 0 Å². The van der Waals surface area contributed by atoms with Gasteiger partial charge in [0.2, 0.25) is 0 Å². The number of ketones is 1. The van der Waals surface area contributed by atoms with Crippen LogP contribution in [0.25, 0.3) is 0 Å². The summed E-state index contributed by atoms with van der Waals surface area (Å²) in [5, 5.41) is 0. The monoisotopic (exact) mass is 578 g/mol. The van der Waals surface area contributed by atoms with Gasteiger partial charge < -0.3 is 0 Å². The van der Waals surface area contributed by atoms with E-state index in [0.717, 1.165) is 19.3 Å². The van der Waals surface area contributed by atoms with Gasteiger partial charge in [-0.05, 0) is 84.9 Å². The molecule has 4 saturated carbocycles. The molecular weight excluding hydrogens is 532 g/mol. The molecule has 0 aromatic heterocycles. The predicted octanol–water partition coefficient (Wildman–Crippen LogP) is 5.27. The summed E-state index contributed by atoms with van der Waals surface area (Å²) in [6, 6.07) is 0. The molecule has 9 nitrogen and oxygen atoms in total. The Morgan fingerprint density at radius 1 is 0.895 bits per heavy atom. The minimum atomic E-state index is -4.92. The molecule has 38 heavy (non-hydrogen) atoms. The maximum atomic E-state index is 13.6. The molecule has 10 atom stereocenters. The smallest absolute Gasteiger partial charge is 0.299 e. The maximum absolute atomic E-state index is 13.6. The number of carbonyl (C=O) groups excluding carboxylic acids is 1. The molecule has 0 heterocycles. The highest BCUT2D eigenvalue weighted by atomic mass is 32.3. The average molecular weight is 579 g/mol. The second-order valence-electron chi connectivity index (χ2n) is 13.7. The average Bonchev–Trinajstić information content (AvgIpc) is 3.10. The van der Waals surface area contributed by atoms with Crippen molar-refractivity contribution in [1.29, 1.82) is 0 Å². The zero-order valence-electron chi connectivity index (χ0n) is 23.3. The van der Waals surface area contributed by atoms with Gasteiger partial charge in [-0.25, -0.2) is 8.37 Å². The Kier molecular flexibility index (Phi) is 8.53. The lowest BCUT2D eigenvalue weighted by molar-refractivity contribution is -0.169. The molecule has 220 valence electrons. The number of carbonyl (C=O) groups is 1. The van der Waals surface area contributed by atoms with Gasteiger partial charge in [0.25, 0.3) is 0 Å². The van der Waals surface area contributed by atoms with Gasteiger partial charge in [0.05, 0.1) is 0 Å². The van der Waals surface area contributed by atoms with Crippen LogP contribution in [0.5, 0.6) is 0 Å². The topological polar surface area (TPSA) is 144 Å². The zero-order valence-corrected chi connectivity index (χ0v) is 25.0. The zero-order chi connectivity index (χ0) is 28.3. The lowest BCUT2D eigenvalue weighted by atomic mass is 9.44. The normalized spacial score (nSPS) is 42.4. The largest absolute Gasteiger partial charge is 0.397 e. The van der Waals surface area contributed by atoms with Crippen LogP contribution in [0.1, 0.15) is 98.8 Å². The molecule has 4 fully saturated rings. The standard InChI is InChI=1S/C27H46O9S2/c1-16(2)7-6-8-17(3)19-9-10-20-18-13-23(28)22-14-24(35-37(29,30)31)25(36-38(32,33)34)15-27(22,5)21(18)11-12-26(19,20)4/h16-22,24-25H,6-15H2,1-5H3,(H,29,30,31)(H,32,33,34)/t17-,18+,19-,20+,21+,22-,24+,25+,26-,27-/m1/s1. The van der Waals surface area contributed by atoms with Crippen molar-refractivity contribution in [2.75, 3.05) is 0 Å². The summed E-state index contributed by atoms with van der Waals surface area (Å²) in [7, 11) is -9.84. The van der Waals surface area contributed by atoms with Crippen molar-refractivity contribution in [1.82, 2.24) is 0 Å². The van der Waals surface area contributed by atoms with Crippen LogP contribution in [0.4, 0.5) is 0 Å². The van der Waals surface area contributed by atoms with Crippen molar-refractivity contribution < 1.29 is 39.1 Å². The Balaban J connectivity index is 1.58. The van der Waals surface area contributed by atoms with Crippen molar-refractivity contribution in [3.05, 3.63) is 0 Å². The maximum Gasteiger partial charge on any atom is 0.397 e. The van der Waals surface area contributed by atoms with E-state index in [2.05, 4.69) is 27.7 Å². The first-order valence-electron chi connectivity index (χ1n) is 14.3. The van der Waals surface area contributed by atoms with Crippen molar-refractivity contribution >= 4 is 26.6 Å². The Morgan fingerprint density at radius 2 is 1.50 bits per heavy atom. The fourth-order valence-corrected chi connectivity index (χ4v) is 10.6. The van der Waals surface area contributed by atoms with E-state index in [9.17, 15) is 30.7 Å². The van der Waals surface area contributed by atoms with Crippen LogP contribution in [0, 0.1) is 52.3 Å². The van der Waals surface area contributed by atoms with Gasteiger partial charge >= 0.3 is 20.8 Å². The van der Waals surface area contributed by atoms with Gasteiger partial charge in [0.15, 0.2) is 0 Å². The number of Topliss-reactive ketones (excluding diaryl/α,β-unsaturated/α-hetero) is 1. The first kappa shape index (κ1) is 30.4. The minimum Gasteiger partial charge on any atom is -0.299 e. The third-order valence-corrected chi connectivity index (χ3v) is 12.1. The molecule has 4 aliphatic carbocycles. The molecule has 2 N–H and O–H groups in total. The van der Waals surface area contributed by atoms with Gasteiger partial charge in [0, 0.05) is 12.3 Å².